The van der Waals surface area contributed by atoms with Gasteiger partial charge in [-0.3, -0.25) is 0 Å². The summed E-state index contributed by atoms with van der Waals surface area (Å²) in [5.41, 5.74) is 6.03. The van der Waals surface area contributed by atoms with Gasteiger partial charge in [-0.05, 0) is 11.6 Å². The van der Waals surface area contributed by atoms with Crippen LogP contribution in [0.25, 0.3) is 0 Å². The summed E-state index contributed by atoms with van der Waals surface area (Å²) in [4.78, 5) is 0. The third-order valence-corrected chi connectivity index (χ3v) is 2.73. The van der Waals surface area contributed by atoms with Crippen LogP contribution in [0.5, 0.6) is 0 Å². The average Bonchev–Trinajstić information content (AvgIpc) is 2.24. The molecule has 3 N–H and O–H groups in total. The highest BCUT2D eigenvalue weighted by Crippen LogP contribution is 2.25. The van der Waals surface area contributed by atoms with Gasteiger partial charge >= 0.3 is 0 Å². The number of aliphatic hydroxyl groups is 1. The number of hydrogen-bond donors (Lipinski definition) is 2. The maximum absolute atomic E-state index is 9.15. The van der Waals surface area contributed by atoms with Crippen LogP contribution < -0.4 is 5.73 Å². The highest BCUT2D eigenvalue weighted by Gasteiger charge is 2.05. The van der Waals surface area contributed by atoms with Gasteiger partial charge in [-0.1, -0.05) is 35.3 Å². The second-order valence-electron chi connectivity index (χ2n) is 3.12. The molecular formula is C10H13Cl2NO2. The first-order valence-electron chi connectivity index (χ1n) is 4.54. The van der Waals surface area contributed by atoms with Crippen LogP contribution in [0, 0.1) is 0 Å². The smallest absolute Gasteiger partial charge is 0.0895 e. The van der Waals surface area contributed by atoms with Gasteiger partial charge in [0.25, 0.3) is 0 Å². The quantitative estimate of drug-likeness (QED) is 0.838. The summed E-state index contributed by atoms with van der Waals surface area (Å²) >= 11 is 11.8. The highest BCUT2D eigenvalue weighted by molar-refractivity contribution is 6.42. The zero-order valence-corrected chi connectivity index (χ0v) is 9.63. The lowest BCUT2D eigenvalue weighted by Gasteiger charge is -2.10. The second-order valence-corrected chi connectivity index (χ2v) is 3.90. The fraction of sp³-hybridized carbons (Fsp3) is 0.400. The third-order valence-electron chi connectivity index (χ3n) is 1.87. The van der Waals surface area contributed by atoms with Crippen molar-refractivity contribution >= 4 is 23.2 Å². The predicted octanol–water partition coefficient (Wildman–Crippen LogP) is 1.83. The zero-order valence-electron chi connectivity index (χ0n) is 8.12. The Morgan fingerprint density at radius 3 is 2.80 bits per heavy atom. The van der Waals surface area contributed by atoms with Gasteiger partial charge in [-0.2, -0.15) is 0 Å². The van der Waals surface area contributed by atoms with Crippen molar-refractivity contribution in [3.8, 4) is 0 Å². The molecular weight excluding hydrogens is 237 g/mol. The van der Waals surface area contributed by atoms with Gasteiger partial charge in [-0.15, -0.1) is 0 Å². The van der Waals surface area contributed by atoms with Crippen molar-refractivity contribution in [3.05, 3.63) is 33.8 Å². The van der Waals surface area contributed by atoms with Crippen LogP contribution in [0.3, 0.4) is 0 Å². The molecule has 0 heterocycles. The normalized spacial score (nSPS) is 12.8. The maximum Gasteiger partial charge on any atom is 0.0895 e. The van der Waals surface area contributed by atoms with Crippen molar-refractivity contribution < 1.29 is 9.84 Å². The largest absolute Gasteiger partial charge is 0.389 e. The second kappa shape index (κ2) is 6.30. The Morgan fingerprint density at radius 1 is 1.40 bits per heavy atom. The van der Waals surface area contributed by atoms with Crippen LogP contribution in [0.4, 0.5) is 0 Å². The monoisotopic (exact) mass is 249 g/mol. The van der Waals surface area contributed by atoms with Crippen LogP contribution in [0.15, 0.2) is 18.2 Å². The molecule has 1 atom stereocenters. The topological polar surface area (TPSA) is 55.5 Å². The molecule has 0 aromatic heterocycles. The van der Waals surface area contributed by atoms with Gasteiger partial charge in [0.05, 0.1) is 29.4 Å². The number of ether oxygens (including phenoxy) is 1. The Morgan fingerprint density at radius 2 is 2.13 bits per heavy atom. The molecule has 0 saturated heterocycles. The van der Waals surface area contributed by atoms with Crippen molar-refractivity contribution in [3.63, 3.8) is 0 Å². The lowest BCUT2D eigenvalue weighted by molar-refractivity contribution is 0.0329. The molecule has 0 saturated carbocycles. The van der Waals surface area contributed by atoms with E-state index < -0.39 is 6.10 Å². The molecule has 0 radical (unpaired) electrons. The van der Waals surface area contributed by atoms with Crippen molar-refractivity contribution in [1.82, 2.24) is 0 Å². The molecule has 0 unspecified atom stereocenters. The molecule has 84 valence electrons. The number of hydrogen-bond acceptors (Lipinski definition) is 3. The Labute approximate surface area is 98.7 Å². The van der Waals surface area contributed by atoms with E-state index in [1.807, 2.05) is 6.07 Å². The summed E-state index contributed by atoms with van der Waals surface area (Å²) in [6, 6.07) is 5.33. The van der Waals surface area contributed by atoms with E-state index in [0.717, 1.165) is 5.56 Å². The summed E-state index contributed by atoms with van der Waals surface area (Å²) < 4.78 is 5.24. The fourth-order valence-corrected chi connectivity index (χ4v) is 1.41. The molecule has 3 nitrogen and oxygen atoms in total. The number of nitrogens with two attached hydrogens (primary N) is 1. The van der Waals surface area contributed by atoms with Crippen LogP contribution >= 0.6 is 23.2 Å². The van der Waals surface area contributed by atoms with Gasteiger partial charge in [0.15, 0.2) is 0 Å². The van der Waals surface area contributed by atoms with Crippen molar-refractivity contribution in [1.29, 1.82) is 0 Å². The van der Waals surface area contributed by atoms with Crippen LogP contribution in [0.1, 0.15) is 5.56 Å². The van der Waals surface area contributed by atoms with E-state index in [1.165, 1.54) is 0 Å². The molecule has 0 aliphatic carbocycles. The van der Waals surface area contributed by atoms with Gasteiger partial charge in [-0.25, -0.2) is 0 Å². The molecule has 15 heavy (non-hydrogen) atoms. The van der Waals surface area contributed by atoms with Crippen LogP contribution in [0.2, 0.25) is 10.0 Å². The first-order chi connectivity index (χ1) is 7.15. The lowest BCUT2D eigenvalue weighted by atomic mass is 10.2. The molecule has 0 fully saturated rings. The average molecular weight is 250 g/mol. The van der Waals surface area contributed by atoms with E-state index in [9.17, 15) is 0 Å². The molecule has 1 aromatic carbocycles. The third kappa shape index (κ3) is 3.97. The zero-order chi connectivity index (χ0) is 11.3. The van der Waals surface area contributed by atoms with Gasteiger partial charge in [0.1, 0.15) is 0 Å². The van der Waals surface area contributed by atoms with E-state index in [0.29, 0.717) is 16.7 Å². The SMILES string of the molecule is NC[C@@H](O)COCc1cccc(Cl)c1Cl. The molecule has 0 spiro atoms. The summed E-state index contributed by atoms with van der Waals surface area (Å²) in [7, 11) is 0. The molecule has 1 rings (SSSR count). The standard InChI is InChI=1S/C10H13Cl2NO2/c11-9-3-1-2-7(10(9)12)5-15-6-8(14)4-13/h1-3,8,14H,4-6,13H2/t8-/m1/s1. The Bertz CT molecular complexity index is 320. The minimum Gasteiger partial charge on any atom is -0.389 e. The summed E-state index contributed by atoms with van der Waals surface area (Å²) in [6.07, 6.45) is -0.636. The summed E-state index contributed by atoms with van der Waals surface area (Å²) in [5.74, 6) is 0. The van der Waals surface area contributed by atoms with E-state index >= 15 is 0 Å². The lowest BCUT2D eigenvalue weighted by Crippen LogP contribution is -2.25. The molecule has 5 heteroatoms. The van der Waals surface area contributed by atoms with Crippen LogP contribution in [-0.4, -0.2) is 24.4 Å². The van der Waals surface area contributed by atoms with E-state index in [1.54, 1.807) is 12.1 Å². The fourth-order valence-electron chi connectivity index (χ4n) is 1.03. The Hall–Kier alpha value is -0.320. The summed E-state index contributed by atoms with van der Waals surface area (Å²) in [6.45, 7) is 0.694. The minimum atomic E-state index is -0.636. The van der Waals surface area contributed by atoms with E-state index in [-0.39, 0.29) is 13.2 Å². The number of benzene rings is 1. The van der Waals surface area contributed by atoms with Crippen molar-refractivity contribution in [2.75, 3.05) is 13.2 Å². The summed E-state index contributed by atoms with van der Waals surface area (Å²) in [5, 5.41) is 10.1. The number of aliphatic hydroxyl groups excluding tert-OH is 1. The molecule has 0 amide bonds. The minimum absolute atomic E-state index is 0.184. The Kier molecular flexibility index (Phi) is 5.36. The molecule has 1 aromatic rings. The van der Waals surface area contributed by atoms with Gasteiger partial charge in [0.2, 0.25) is 0 Å². The van der Waals surface area contributed by atoms with Gasteiger partial charge < -0.3 is 15.6 Å². The van der Waals surface area contributed by atoms with E-state index in [4.69, 9.17) is 38.8 Å². The molecule has 0 aliphatic rings. The maximum atomic E-state index is 9.15. The molecule has 0 bridgehead atoms. The van der Waals surface area contributed by atoms with E-state index in [2.05, 4.69) is 0 Å². The Balaban J connectivity index is 2.47. The first kappa shape index (κ1) is 12.7. The molecule has 0 aliphatic heterocycles. The predicted molar refractivity (Wildman–Crippen MR) is 61.2 cm³/mol. The van der Waals surface area contributed by atoms with Gasteiger partial charge in [0, 0.05) is 6.54 Å². The first-order valence-corrected chi connectivity index (χ1v) is 5.29. The highest BCUT2D eigenvalue weighted by atomic mass is 35.5. The van der Waals surface area contributed by atoms with Crippen molar-refractivity contribution in [2.45, 2.75) is 12.7 Å². The van der Waals surface area contributed by atoms with Crippen molar-refractivity contribution in [2.24, 2.45) is 5.73 Å². The number of rotatable bonds is 5. The van der Waals surface area contributed by atoms with Crippen LogP contribution in [-0.2, 0) is 11.3 Å². The number of halogens is 2.